The molecule has 1 N–H and O–H groups in total. The molecule has 0 aliphatic carbocycles. The van der Waals surface area contributed by atoms with Crippen LogP contribution in [0.15, 0.2) is 30.6 Å². The van der Waals surface area contributed by atoms with Crippen LogP contribution in [0.5, 0.6) is 0 Å². The van der Waals surface area contributed by atoms with Crippen molar-refractivity contribution in [3.63, 3.8) is 0 Å². The lowest BCUT2D eigenvalue weighted by molar-refractivity contribution is -0.139. The van der Waals surface area contributed by atoms with E-state index in [1.165, 1.54) is 17.1 Å². The number of amides is 1. The van der Waals surface area contributed by atoms with Crippen LogP contribution in [0.2, 0.25) is 0 Å². The quantitative estimate of drug-likeness (QED) is 0.312. The van der Waals surface area contributed by atoms with Gasteiger partial charge in [-0.05, 0) is 24.7 Å². The molecule has 0 radical (unpaired) electrons. The minimum atomic E-state index is -4.57. The highest BCUT2D eigenvalue weighted by atomic mass is 19.4. The molecule has 0 spiro atoms. The first-order valence-corrected chi connectivity index (χ1v) is 11.8. The molecular formula is C24H26F4N8O. The molecule has 1 amide bonds. The van der Waals surface area contributed by atoms with Gasteiger partial charge in [-0.15, -0.1) is 0 Å². The Morgan fingerprint density at radius 1 is 1.11 bits per heavy atom. The Morgan fingerprint density at radius 2 is 1.86 bits per heavy atom. The van der Waals surface area contributed by atoms with E-state index >= 15 is 4.39 Å². The van der Waals surface area contributed by atoms with Gasteiger partial charge in [0, 0.05) is 51.4 Å². The molecule has 1 aliphatic heterocycles. The number of fused-ring (bicyclic) bond motifs is 3. The predicted molar refractivity (Wildman–Crippen MR) is 128 cm³/mol. The van der Waals surface area contributed by atoms with Crippen LogP contribution in [0.4, 0.5) is 17.6 Å². The Hall–Kier alpha value is -3.58. The summed E-state index contributed by atoms with van der Waals surface area (Å²) in [6.45, 7) is 2.66. The molecular weight excluding hydrogens is 492 g/mol. The van der Waals surface area contributed by atoms with Gasteiger partial charge in [-0.25, -0.2) is 9.97 Å². The van der Waals surface area contributed by atoms with Gasteiger partial charge >= 0.3 is 6.18 Å². The number of aryl methyl sites for hydroxylation is 1. The first kappa shape index (κ1) is 25.1. The van der Waals surface area contributed by atoms with Gasteiger partial charge in [0.1, 0.15) is 17.6 Å². The minimum Gasteiger partial charge on any atom is -0.345 e. The first-order valence-electron chi connectivity index (χ1n) is 11.8. The molecule has 0 unspecified atom stereocenters. The van der Waals surface area contributed by atoms with Crippen LogP contribution in [0, 0.1) is 5.95 Å². The zero-order valence-electron chi connectivity index (χ0n) is 20.4. The number of alkyl halides is 3. The van der Waals surface area contributed by atoms with Crippen LogP contribution in [0.25, 0.3) is 21.9 Å². The zero-order chi connectivity index (χ0) is 26.3. The van der Waals surface area contributed by atoms with E-state index in [1.807, 2.05) is 0 Å². The normalized spacial score (nSPS) is 15.6. The fraction of sp³-hybridized carbons (Fsp3) is 0.417. The lowest BCUT2D eigenvalue weighted by atomic mass is 10.1. The molecule has 196 valence electrons. The van der Waals surface area contributed by atoms with Gasteiger partial charge < -0.3 is 14.8 Å². The molecule has 1 fully saturated rings. The van der Waals surface area contributed by atoms with Crippen LogP contribution in [0.3, 0.4) is 0 Å². The number of carbonyl (C=O) groups excluding carboxylic acids is 1. The summed E-state index contributed by atoms with van der Waals surface area (Å²) in [7, 11) is 3.72. The van der Waals surface area contributed by atoms with Gasteiger partial charge in [0.25, 0.3) is 5.91 Å². The Balaban J connectivity index is 1.51. The van der Waals surface area contributed by atoms with E-state index in [0.29, 0.717) is 17.5 Å². The third kappa shape index (κ3) is 5.42. The maximum atomic E-state index is 15.2. The maximum absolute atomic E-state index is 15.2. The summed E-state index contributed by atoms with van der Waals surface area (Å²) in [5, 5.41) is 6.94. The number of hydrogen-bond donors (Lipinski definition) is 1. The fourth-order valence-electron chi connectivity index (χ4n) is 4.61. The SMILES string of the molecule is CN1CCN(Cc2ccc3c(c2)c2nc(CNC(=O)c4cnn(C)c4)nc(F)c2n3CC(F)(F)F)CC1. The molecule has 5 rings (SSSR count). The Morgan fingerprint density at radius 3 is 2.54 bits per heavy atom. The van der Waals surface area contributed by atoms with Crippen molar-refractivity contribution in [3.05, 3.63) is 53.5 Å². The molecule has 9 nitrogen and oxygen atoms in total. The summed E-state index contributed by atoms with van der Waals surface area (Å²) in [5.41, 5.74) is 1.19. The lowest BCUT2D eigenvalue weighted by Crippen LogP contribution is -2.43. The second-order valence-corrected chi connectivity index (χ2v) is 9.35. The molecule has 4 heterocycles. The number of nitrogens with one attached hydrogen (secondary N) is 1. The van der Waals surface area contributed by atoms with Gasteiger partial charge in [0.05, 0.1) is 23.8 Å². The van der Waals surface area contributed by atoms with Crippen molar-refractivity contribution >= 4 is 27.8 Å². The number of aromatic nitrogens is 5. The van der Waals surface area contributed by atoms with Crippen molar-refractivity contribution in [2.24, 2.45) is 7.05 Å². The second-order valence-electron chi connectivity index (χ2n) is 9.35. The standard InChI is InChI=1S/C24H26F4N8O/c1-33-5-7-35(8-6-33)12-15-3-4-18-17(9-15)20-21(36(18)14-24(26,27)28)22(25)32-19(31-20)11-29-23(37)16-10-30-34(2)13-16/h3-4,9-10,13H,5-8,11-12,14H2,1-2H3,(H,29,37). The Labute approximate surface area is 209 Å². The molecule has 4 aromatic rings. The zero-order valence-corrected chi connectivity index (χ0v) is 20.4. The highest BCUT2D eigenvalue weighted by Crippen LogP contribution is 2.33. The smallest absolute Gasteiger partial charge is 0.345 e. The lowest BCUT2D eigenvalue weighted by Gasteiger charge is -2.32. The van der Waals surface area contributed by atoms with E-state index in [-0.39, 0.29) is 28.9 Å². The van der Waals surface area contributed by atoms with Crippen molar-refractivity contribution in [3.8, 4) is 0 Å². The topological polar surface area (TPSA) is 84.1 Å². The van der Waals surface area contributed by atoms with Crippen LogP contribution in [-0.2, 0) is 26.7 Å². The van der Waals surface area contributed by atoms with E-state index in [2.05, 4.69) is 37.2 Å². The highest BCUT2D eigenvalue weighted by molar-refractivity contribution is 6.06. The van der Waals surface area contributed by atoms with Gasteiger partial charge in [-0.2, -0.15) is 22.7 Å². The number of nitrogens with zero attached hydrogens (tertiary/aromatic N) is 7. The van der Waals surface area contributed by atoms with Crippen molar-refractivity contribution in [1.29, 1.82) is 0 Å². The summed E-state index contributed by atoms with van der Waals surface area (Å²) >= 11 is 0. The summed E-state index contributed by atoms with van der Waals surface area (Å²) in [6.07, 6.45) is -1.67. The Bertz CT molecular complexity index is 1450. The number of piperazine rings is 1. The van der Waals surface area contributed by atoms with Crippen LogP contribution in [0.1, 0.15) is 21.7 Å². The van der Waals surface area contributed by atoms with Gasteiger partial charge in [-0.1, -0.05) is 6.07 Å². The number of hydrogen-bond acceptors (Lipinski definition) is 6. The molecule has 3 aromatic heterocycles. The van der Waals surface area contributed by atoms with Crippen molar-refractivity contribution in [1.82, 2.24) is 39.4 Å². The van der Waals surface area contributed by atoms with Crippen LogP contribution < -0.4 is 5.32 Å². The molecule has 1 aromatic carbocycles. The molecule has 1 saturated heterocycles. The summed E-state index contributed by atoms with van der Waals surface area (Å²) in [5.74, 6) is -1.57. The molecule has 37 heavy (non-hydrogen) atoms. The predicted octanol–water partition coefficient (Wildman–Crippen LogP) is 2.70. The molecule has 0 saturated carbocycles. The van der Waals surface area contributed by atoms with E-state index < -0.39 is 24.6 Å². The van der Waals surface area contributed by atoms with Crippen molar-refractivity contribution < 1.29 is 22.4 Å². The van der Waals surface area contributed by atoms with E-state index in [4.69, 9.17) is 0 Å². The molecule has 1 aliphatic rings. The largest absolute Gasteiger partial charge is 0.406 e. The second kappa shape index (κ2) is 9.71. The Kier molecular flexibility index (Phi) is 6.58. The van der Waals surface area contributed by atoms with Gasteiger partial charge in [-0.3, -0.25) is 14.4 Å². The summed E-state index contributed by atoms with van der Waals surface area (Å²) in [4.78, 5) is 25.0. The average molecular weight is 519 g/mol. The maximum Gasteiger partial charge on any atom is 0.406 e. The number of carbonyl (C=O) groups is 1. The number of halogens is 4. The molecule has 0 bridgehead atoms. The average Bonchev–Trinajstić information content (AvgIpc) is 3.40. The number of likely N-dealkylation sites (N-methyl/N-ethyl adjacent to an activating group) is 1. The van der Waals surface area contributed by atoms with E-state index in [1.54, 1.807) is 25.2 Å². The fourth-order valence-corrected chi connectivity index (χ4v) is 4.61. The monoisotopic (exact) mass is 518 g/mol. The van der Waals surface area contributed by atoms with Crippen LogP contribution >= 0.6 is 0 Å². The van der Waals surface area contributed by atoms with E-state index in [0.717, 1.165) is 36.3 Å². The number of benzene rings is 1. The first-order chi connectivity index (χ1) is 17.6. The van der Waals surface area contributed by atoms with E-state index in [9.17, 15) is 18.0 Å². The highest BCUT2D eigenvalue weighted by Gasteiger charge is 2.31. The van der Waals surface area contributed by atoms with Gasteiger partial charge in [0.15, 0.2) is 5.82 Å². The summed E-state index contributed by atoms with van der Waals surface area (Å²) < 4.78 is 57.8. The minimum absolute atomic E-state index is 0.0437. The number of rotatable bonds is 6. The third-order valence-corrected chi connectivity index (χ3v) is 6.48. The van der Waals surface area contributed by atoms with Crippen molar-refractivity contribution in [2.45, 2.75) is 25.8 Å². The summed E-state index contributed by atoms with van der Waals surface area (Å²) in [6, 6.07) is 5.12. The molecule has 0 atom stereocenters. The van der Waals surface area contributed by atoms with Crippen molar-refractivity contribution in [2.75, 3.05) is 33.2 Å². The van der Waals surface area contributed by atoms with Gasteiger partial charge in [0.2, 0.25) is 5.95 Å². The van der Waals surface area contributed by atoms with Crippen LogP contribution in [-0.4, -0.2) is 79.4 Å². The molecule has 13 heteroatoms. The third-order valence-electron chi connectivity index (χ3n) is 6.48.